The van der Waals surface area contributed by atoms with Crippen molar-refractivity contribution in [3.05, 3.63) is 12.2 Å². The van der Waals surface area contributed by atoms with E-state index in [-0.39, 0.29) is 5.91 Å². The van der Waals surface area contributed by atoms with Gasteiger partial charge in [-0.25, -0.2) is 4.98 Å². The van der Waals surface area contributed by atoms with E-state index in [0.29, 0.717) is 13.0 Å². The number of hydrogen-bond acceptors (Lipinski definition) is 3. The van der Waals surface area contributed by atoms with Crippen molar-refractivity contribution in [3.8, 4) is 0 Å². The first-order chi connectivity index (χ1) is 7.22. The fourth-order valence-electron chi connectivity index (χ4n) is 1.29. The van der Waals surface area contributed by atoms with Gasteiger partial charge in [-0.15, -0.1) is 0 Å². The lowest BCUT2D eigenvalue weighted by atomic mass is 10.3. The van der Waals surface area contributed by atoms with Gasteiger partial charge in [-0.05, 0) is 12.8 Å². The van der Waals surface area contributed by atoms with Gasteiger partial charge < -0.3 is 5.32 Å². The van der Waals surface area contributed by atoms with Gasteiger partial charge in [-0.1, -0.05) is 6.92 Å². The number of nitrogens with zero attached hydrogens (tertiary/aromatic N) is 3. The fourth-order valence-corrected chi connectivity index (χ4v) is 1.29. The van der Waals surface area contributed by atoms with Crippen molar-refractivity contribution < 1.29 is 4.79 Å². The van der Waals surface area contributed by atoms with E-state index < -0.39 is 0 Å². The largest absolute Gasteiger partial charge is 0.356 e. The first-order valence-corrected chi connectivity index (χ1v) is 5.33. The third kappa shape index (κ3) is 4.58. The van der Waals surface area contributed by atoms with Gasteiger partial charge in [-0.3, -0.25) is 9.48 Å². The first kappa shape index (κ1) is 11.7. The summed E-state index contributed by atoms with van der Waals surface area (Å²) in [6.45, 7) is 2.70. The van der Waals surface area contributed by atoms with Crippen molar-refractivity contribution in [2.45, 2.75) is 32.6 Å². The van der Waals surface area contributed by atoms with Gasteiger partial charge in [0, 0.05) is 26.4 Å². The summed E-state index contributed by atoms with van der Waals surface area (Å²) in [6, 6.07) is 0. The van der Waals surface area contributed by atoms with Crippen LogP contribution in [0.25, 0.3) is 0 Å². The molecule has 15 heavy (non-hydrogen) atoms. The van der Waals surface area contributed by atoms with Crippen LogP contribution in [0, 0.1) is 0 Å². The number of amides is 1. The van der Waals surface area contributed by atoms with E-state index in [1.165, 1.54) is 0 Å². The summed E-state index contributed by atoms with van der Waals surface area (Å²) in [7, 11) is 1.85. The molecule has 5 nitrogen and oxygen atoms in total. The molecular formula is C10H18N4O. The van der Waals surface area contributed by atoms with Crippen molar-refractivity contribution in [2.75, 3.05) is 6.54 Å². The lowest BCUT2D eigenvalue weighted by Crippen LogP contribution is -2.24. The van der Waals surface area contributed by atoms with E-state index in [1.54, 1.807) is 11.0 Å². The van der Waals surface area contributed by atoms with E-state index in [4.69, 9.17) is 0 Å². The fraction of sp³-hybridized carbons (Fsp3) is 0.700. The van der Waals surface area contributed by atoms with Crippen molar-refractivity contribution in [3.63, 3.8) is 0 Å². The highest BCUT2D eigenvalue weighted by Gasteiger charge is 2.00. The van der Waals surface area contributed by atoms with Gasteiger partial charge in [0.2, 0.25) is 5.91 Å². The molecule has 5 heteroatoms. The Morgan fingerprint density at radius 1 is 1.60 bits per heavy atom. The van der Waals surface area contributed by atoms with Crippen LogP contribution in [0.4, 0.5) is 0 Å². The molecule has 1 aromatic heterocycles. The molecule has 0 aliphatic carbocycles. The Bertz CT molecular complexity index is 308. The van der Waals surface area contributed by atoms with Gasteiger partial charge in [0.25, 0.3) is 0 Å². The third-order valence-electron chi connectivity index (χ3n) is 2.02. The molecule has 0 unspecified atom stereocenters. The van der Waals surface area contributed by atoms with Crippen molar-refractivity contribution >= 4 is 5.91 Å². The molecular weight excluding hydrogens is 192 g/mol. The van der Waals surface area contributed by atoms with Gasteiger partial charge in [-0.2, -0.15) is 5.10 Å². The molecule has 0 saturated heterocycles. The second kappa shape index (κ2) is 6.16. The summed E-state index contributed by atoms with van der Waals surface area (Å²) < 4.78 is 1.69. The molecule has 1 aromatic rings. The lowest BCUT2D eigenvalue weighted by Gasteiger charge is -2.02. The maximum atomic E-state index is 11.1. The average Bonchev–Trinajstić information content (AvgIpc) is 2.60. The summed E-state index contributed by atoms with van der Waals surface area (Å²) >= 11 is 0. The molecule has 0 fully saturated rings. The van der Waals surface area contributed by atoms with Gasteiger partial charge in [0.05, 0.1) is 0 Å². The molecule has 0 aromatic carbocycles. The van der Waals surface area contributed by atoms with Crippen molar-refractivity contribution in [1.82, 2.24) is 20.1 Å². The minimum absolute atomic E-state index is 0.131. The number of aromatic nitrogens is 3. The maximum absolute atomic E-state index is 11.1. The van der Waals surface area contributed by atoms with Gasteiger partial charge >= 0.3 is 0 Å². The Labute approximate surface area is 89.9 Å². The average molecular weight is 210 g/mol. The zero-order valence-electron chi connectivity index (χ0n) is 9.36. The number of aryl methyl sites for hydroxylation is 2. The molecule has 84 valence electrons. The molecule has 0 aliphatic heterocycles. The van der Waals surface area contributed by atoms with E-state index in [2.05, 4.69) is 15.4 Å². The Balaban J connectivity index is 2.09. The SMILES string of the molecule is CCCC(=O)NCCCc1ncn(C)n1. The number of carbonyl (C=O) groups excluding carboxylic acids is 1. The van der Waals surface area contributed by atoms with Crippen LogP contribution < -0.4 is 5.32 Å². The highest BCUT2D eigenvalue weighted by Crippen LogP contribution is 1.93. The third-order valence-corrected chi connectivity index (χ3v) is 2.02. The Kier molecular flexibility index (Phi) is 4.80. The van der Waals surface area contributed by atoms with Crippen molar-refractivity contribution in [1.29, 1.82) is 0 Å². The van der Waals surface area contributed by atoms with Crippen LogP contribution in [-0.4, -0.2) is 27.2 Å². The molecule has 0 saturated carbocycles. The van der Waals surface area contributed by atoms with Crippen LogP contribution in [0.1, 0.15) is 32.0 Å². The maximum Gasteiger partial charge on any atom is 0.219 e. The van der Waals surface area contributed by atoms with E-state index in [9.17, 15) is 4.79 Å². The van der Waals surface area contributed by atoms with Crippen LogP contribution in [-0.2, 0) is 18.3 Å². The molecule has 1 amide bonds. The standard InChI is InChI=1S/C10H18N4O/c1-3-5-10(15)11-7-4-6-9-12-8-14(2)13-9/h8H,3-7H2,1-2H3,(H,11,15). The summed E-state index contributed by atoms with van der Waals surface area (Å²) in [5.41, 5.74) is 0. The molecule has 0 radical (unpaired) electrons. The monoisotopic (exact) mass is 210 g/mol. The smallest absolute Gasteiger partial charge is 0.219 e. The number of rotatable bonds is 6. The van der Waals surface area contributed by atoms with Gasteiger partial charge in [0.1, 0.15) is 6.33 Å². The number of hydrogen-bond donors (Lipinski definition) is 1. The van der Waals surface area contributed by atoms with Crippen LogP contribution >= 0.6 is 0 Å². The Morgan fingerprint density at radius 2 is 2.40 bits per heavy atom. The van der Waals surface area contributed by atoms with Crippen LogP contribution in [0.5, 0.6) is 0 Å². The molecule has 1 heterocycles. The number of nitrogens with one attached hydrogen (secondary N) is 1. The van der Waals surface area contributed by atoms with Crippen LogP contribution in [0.2, 0.25) is 0 Å². The molecule has 1 N–H and O–H groups in total. The zero-order valence-corrected chi connectivity index (χ0v) is 9.36. The van der Waals surface area contributed by atoms with Crippen LogP contribution in [0.15, 0.2) is 6.33 Å². The predicted molar refractivity (Wildman–Crippen MR) is 57.2 cm³/mol. The molecule has 1 rings (SSSR count). The predicted octanol–water partition coefficient (Wildman–Crippen LogP) is 0.664. The van der Waals surface area contributed by atoms with Crippen molar-refractivity contribution in [2.24, 2.45) is 7.05 Å². The highest BCUT2D eigenvalue weighted by atomic mass is 16.1. The normalized spacial score (nSPS) is 10.3. The first-order valence-electron chi connectivity index (χ1n) is 5.33. The minimum Gasteiger partial charge on any atom is -0.356 e. The number of carbonyl (C=O) groups is 1. The second-order valence-electron chi connectivity index (χ2n) is 3.54. The summed E-state index contributed by atoms with van der Waals surface area (Å²) in [5, 5.41) is 7.02. The molecule has 0 aliphatic rings. The summed E-state index contributed by atoms with van der Waals surface area (Å²) in [5.74, 6) is 0.966. The van der Waals surface area contributed by atoms with E-state index >= 15 is 0 Å². The molecule has 0 spiro atoms. The highest BCUT2D eigenvalue weighted by molar-refractivity contribution is 5.75. The van der Waals surface area contributed by atoms with E-state index in [0.717, 1.165) is 25.1 Å². The zero-order chi connectivity index (χ0) is 11.1. The Hall–Kier alpha value is -1.39. The lowest BCUT2D eigenvalue weighted by molar-refractivity contribution is -0.121. The van der Waals surface area contributed by atoms with Crippen LogP contribution in [0.3, 0.4) is 0 Å². The second-order valence-corrected chi connectivity index (χ2v) is 3.54. The van der Waals surface area contributed by atoms with E-state index in [1.807, 2.05) is 14.0 Å². The summed E-state index contributed by atoms with van der Waals surface area (Å²) in [4.78, 5) is 15.2. The summed E-state index contributed by atoms with van der Waals surface area (Å²) in [6.07, 6.45) is 4.90. The topological polar surface area (TPSA) is 59.8 Å². The van der Waals surface area contributed by atoms with Gasteiger partial charge in [0.15, 0.2) is 5.82 Å². The molecule has 0 bridgehead atoms. The minimum atomic E-state index is 0.131. The quantitative estimate of drug-likeness (QED) is 0.702. The molecule has 0 atom stereocenters. The Morgan fingerprint density at radius 3 is 3.00 bits per heavy atom.